The summed E-state index contributed by atoms with van der Waals surface area (Å²) in [7, 11) is 0. The van der Waals surface area contributed by atoms with Crippen molar-refractivity contribution < 1.29 is 0 Å². The molecule has 134 valence electrons. The molecule has 0 aliphatic heterocycles. The van der Waals surface area contributed by atoms with Gasteiger partial charge in [0.1, 0.15) is 4.33 Å². The lowest BCUT2D eigenvalue weighted by molar-refractivity contribution is 0.548. The topological polar surface area (TPSA) is 34.9 Å². The van der Waals surface area contributed by atoms with E-state index in [0.29, 0.717) is 10.5 Å². The van der Waals surface area contributed by atoms with E-state index >= 15 is 0 Å². The molecule has 0 radical (unpaired) electrons. The summed E-state index contributed by atoms with van der Waals surface area (Å²) in [5.74, 6) is 0.985. The van der Waals surface area contributed by atoms with Crippen molar-refractivity contribution in [3.63, 3.8) is 0 Å². The molecule has 0 saturated heterocycles. The molecule has 1 aliphatic carbocycles. The van der Waals surface area contributed by atoms with E-state index in [4.69, 9.17) is 28.2 Å². The number of para-hydroxylation sites is 1. The normalized spacial score (nSPS) is 19.4. The van der Waals surface area contributed by atoms with Crippen LogP contribution in [-0.4, -0.2) is 19.6 Å². The van der Waals surface area contributed by atoms with E-state index in [1.165, 1.54) is 0 Å². The van der Waals surface area contributed by atoms with Gasteiger partial charge >= 0.3 is 0 Å². The highest BCUT2D eigenvalue weighted by molar-refractivity contribution is 7.99. The molecule has 3 nitrogen and oxygen atoms in total. The van der Waals surface area contributed by atoms with Gasteiger partial charge in [-0.25, -0.2) is 4.98 Å². The highest BCUT2D eigenvalue weighted by atomic mass is 35.5. The monoisotopic (exact) mass is 404 g/mol. The van der Waals surface area contributed by atoms with Crippen LogP contribution in [0.1, 0.15) is 24.9 Å². The third kappa shape index (κ3) is 3.38. The summed E-state index contributed by atoms with van der Waals surface area (Å²) in [6.07, 6.45) is 0.787. The maximum Gasteiger partial charge on any atom is 0.262 e. The van der Waals surface area contributed by atoms with Gasteiger partial charge in [-0.15, -0.1) is 23.2 Å². The molecule has 1 aromatic heterocycles. The van der Waals surface area contributed by atoms with Gasteiger partial charge in [-0.3, -0.25) is 9.36 Å². The van der Waals surface area contributed by atoms with Crippen LogP contribution in [0, 0.1) is 5.92 Å². The number of fused-ring (bicyclic) bond motifs is 1. The van der Waals surface area contributed by atoms with E-state index in [1.54, 1.807) is 16.3 Å². The largest absolute Gasteiger partial charge is 0.280 e. The molecule has 0 N–H and O–H groups in total. The minimum absolute atomic E-state index is 0.0201. The second-order valence-corrected chi connectivity index (χ2v) is 9.18. The van der Waals surface area contributed by atoms with Gasteiger partial charge in [0, 0.05) is 11.7 Å². The number of alkyl halides is 2. The summed E-state index contributed by atoms with van der Waals surface area (Å²) in [6, 6.07) is 17.4. The highest BCUT2D eigenvalue weighted by Gasteiger charge is 2.51. The number of nitrogens with zero attached hydrogens (tertiary/aromatic N) is 2. The summed E-state index contributed by atoms with van der Waals surface area (Å²) in [4.78, 5) is 18.0. The zero-order valence-corrected chi connectivity index (χ0v) is 16.6. The Labute approximate surface area is 166 Å². The van der Waals surface area contributed by atoms with E-state index < -0.39 is 4.33 Å². The Hall–Kier alpha value is -1.49. The molecule has 1 aliphatic rings. The van der Waals surface area contributed by atoms with E-state index in [2.05, 4.69) is 0 Å². The Balaban J connectivity index is 1.79. The van der Waals surface area contributed by atoms with Gasteiger partial charge in [0.15, 0.2) is 5.16 Å². The Morgan fingerprint density at radius 3 is 2.54 bits per heavy atom. The molecular weight excluding hydrogens is 387 g/mol. The fourth-order valence-corrected chi connectivity index (χ4v) is 5.08. The molecule has 2 aromatic carbocycles. The lowest BCUT2D eigenvalue weighted by Gasteiger charge is -2.20. The maximum atomic E-state index is 13.2. The lowest BCUT2D eigenvalue weighted by atomic mass is 10.1. The number of benzene rings is 2. The first-order chi connectivity index (χ1) is 12.5. The second kappa shape index (κ2) is 6.91. The van der Waals surface area contributed by atoms with E-state index in [-0.39, 0.29) is 17.5 Å². The predicted molar refractivity (Wildman–Crippen MR) is 110 cm³/mol. The molecule has 26 heavy (non-hydrogen) atoms. The standard InChI is InChI=1S/C20H18Cl2N2OS/c1-13(14-7-3-2-4-8-14)24-18(25)16-9-5-6-10-17(16)23-19(24)26-12-15-11-20(15,21)22/h2-10,13,15H,11-12H2,1H3/t13-,15+/m0/s1. The summed E-state index contributed by atoms with van der Waals surface area (Å²) in [5.41, 5.74) is 1.77. The van der Waals surface area contributed by atoms with Crippen molar-refractivity contribution in [2.45, 2.75) is 28.9 Å². The van der Waals surface area contributed by atoms with Crippen LogP contribution < -0.4 is 5.56 Å². The van der Waals surface area contributed by atoms with Crippen molar-refractivity contribution >= 4 is 45.9 Å². The van der Waals surface area contributed by atoms with E-state index in [1.807, 2.05) is 61.5 Å². The lowest BCUT2D eigenvalue weighted by Crippen LogP contribution is -2.27. The fourth-order valence-electron chi connectivity index (χ4n) is 3.08. The molecule has 1 heterocycles. The minimum atomic E-state index is -0.625. The maximum absolute atomic E-state index is 13.2. The number of halogens is 2. The number of hydrogen-bond acceptors (Lipinski definition) is 3. The molecule has 0 bridgehead atoms. The molecule has 2 atom stereocenters. The van der Waals surface area contributed by atoms with Crippen LogP contribution in [-0.2, 0) is 0 Å². The highest BCUT2D eigenvalue weighted by Crippen LogP contribution is 2.54. The average Bonchev–Trinajstić information content (AvgIpc) is 3.27. The predicted octanol–water partition coefficient (Wildman–Crippen LogP) is 5.29. The molecule has 0 spiro atoms. The second-order valence-electron chi connectivity index (χ2n) is 6.65. The average molecular weight is 405 g/mol. The molecule has 6 heteroatoms. The van der Waals surface area contributed by atoms with Crippen molar-refractivity contribution in [2.75, 3.05) is 5.75 Å². The van der Waals surface area contributed by atoms with Crippen molar-refractivity contribution in [1.29, 1.82) is 0 Å². The minimum Gasteiger partial charge on any atom is -0.280 e. The Morgan fingerprint density at radius 2 is 1.85 bits per heavy atom. The summed E-state index contributed by atoms with van der Waals surface area (Å²) in [5, 5.41) is 1.34. The molecule has 1 saturated carbocycles. The molecule has 0 amide bonds. The van der Waals surface area contributed by atoms with Gasteiger partial charge in [-0.1, -0.05) is 54.2 Å². The smallest absolute Gasteiger partial charge is 0.262 e. The quantitative estimate of drug-likeness (QED) is 0.329. The Kier molecular flexibility index (Phi) is 4.76. The zero-order valence-electron chi connectivity index (χ0n) is 14.2. The van der Waals surface area contributed by atoms with Crippen LogP contribution in [0.15, 0.2) is 64.5 Å². The first kappa shape index (κ1) is 17.9. The first-order valence-electron chi connectivity index (χ1n) is 8.54. The third-order valence-electron chi connectivity index (χ3n) is 4.81. The Bertz CT molecular complexity index is 1000. The molecule has 3 aromatic rings. The van der Waals surface area contributed by atoms with Crippen LogP contribution in [0.4, 0.5) is 0 Å². The van der Waals surface area contributed by atoms with Crippen molar-refractivity contribution in [2.24, 2.45) is 5.92 Å². The van der Waals surface area contributed by atoms with Crippen LogP contribution in [0.25, 0.3) is 10.9 Å². The summed E-state index contributed by atoms with van der Waals surface area (Å²) < 4.78 is 1.16. The molecule has 0 unspecified atom stereocenters. The number of aromatic nitrogens is 2. The van der Waals surface area contributed by atoms with Crippen molar-refractivity contribution in [3.8, 4) is 0 Å². The fraction of sp³-hybridized carbons (Fsp3) is 0.300. The van der Waals surface area contributed by atoms with E-state index in [9.17, 15) is 4.79 Å². The van der Waals surface area contributed by atoms with Gasteiger partial charge in [-0.2, -0.15) is 0 Å². The Morgan fingerprint density at radius 1 is 1.19 bits per heavy atom. The van der Waals surface area contributed by atoms with Crippen LogP contribution in [0.5, 0.6) is 0 Å². The van der Waals surface area contributed by atoms with Crippen LogP contribution in [0.2, 0.25) is 0 Å². The number of thioether (sulfide) groups is 1. The molecular formula is C20H18Cl2N2OS. The molecule has 4 rings (SSSR count). The van der Waals surface area contributed by atoms with Gasteiger partial charge in [0.25, 0.3) is 5.56 Å². The van der Waals surface area contributed by atoms with Gasteiger partial charge in [0.2, 0.25) is 0 Å². The van der Waals surface area contributed by atoms with Crippen molar-refractivity contribution in [3.05, 3.63) is 70.5 Å². The SMILES string of the molecule is C[C@@H](c1ccccc1)n1c(SC[C@H]2CC2(Cl)Cl)nc2ccccc2c1=O. The van der Waals surface area contributed by atoms with Gasteiger partial charge in [-0.05, 0) is 31.0 Å². The first-order valence-corrected chi connectivity index (χ1v) is 10.3. The number of hydrogen-bond donors (Lipinski definition) is 0. The van der Waals surface area contributed by atoms with Crippen LogP contribution in [0.3, 0.4) is 0 Å². The van der Waals surface area contributed by atoms with Gasteiger partial charge in [0.05, 0.1) is 16.9 Å². The summed E-state index contributed by atoms with van der Waals surface area (Å²) in [6.45, 7) is 2.03. The number of rotatable bonds is 5. The van der Waals surface area contributed by atoms with Crippen molar-refractivity contribution in [1.82, 2.24) is 9.55 Å². The molecule has 1 fully saturated rings. The third-order valence-corrected chi connectivity index (χ3v) is 6.86. The zero-order chi connectivity index (χ0) is 18.3. The van der Waals surface area contributed by atoms with E-state index in [0.717, 1.165) is 23.3 Å². The van der Waals surface area contributed by atoms with Gasteiger partial charge < -0.3 is 0 Å². The summed E-state index contributed by atoms with van der Waals surface area (Å²) >= 11 is 13.9. The van der Waals surface area contributed by atoms with Crippen LogP contribution >= 0.6 is 35.0 Å².